The minimum absolute atomic E-state index is 0.0102. The molecule has 1 heterocycles. The summed E-state index contributed by atoms with van der Waals surface area (Å²) in [5.74, 6) is 0.886. The van der Waals surface area contributed by atoms with Crippen molar-refractivity contribution in [3.63, 3.8) is 0 Å². The summed E-state index contributed by atoms with van der Waals surface area (Å²) >= 11 is 5.80. The van der Waals surface area contributed by atoms with Gasteiger partial charge in [0.15, 0.2) is 5.76 Å². The molecule has 0 saturated heterocycles. The average molecular weight is 387 g/mol. The number of rotatable bonds is 7. The molecule has 0 fully saturated rings. The molecule has 0 radical (unpaired) electrons. The van der Waals surface area contributed by atoms with Crippen LogP contribution in [0.3, 0.4) is 0 Å². The molecule has 0 aliphatic rings. The van der Waals surface area contributed by atoms with Crippen LogP contribution < -0.4 is 10.1 Å². The van der Waals surface area contributed by atoms with Crippen molar-refractivity contribution in [2.24, 2.45) is 0 Å². The first-order chi connectivity index (χ1) is 13.0. The molecule has 1 aromatic heterocycles. The number of hydrogen-bond donors (Lipinski definition) is 1. The number of halogens is 1. The lowest BCUT2D eigenvalue weighted by Gasteiger charge is -2.07. The van der Waals surface area contributed by atoms with Crippen molar-refractivity contribution in [1.82, 2.24) is 5.32 Å². The largest absolute Gasteiger partial charge is 0.492 e. The van der Waals surface area contributed by atoms with Crippen molar-refractivity contribution in [3.05, 3.63) is 81.6 Å². The molecule has 8 heteroatoms. The molecule has 0 spiro atoms. The van der Waals surface area contributed by atoms with E-state index < -0.39 is 4.92 Å². The lowest BCUT2D eigenvalue weighted by atomic mass is 10.1. The Morgan fingerprint density at radius 3 is 2.44 bits per heavy atom. The van der Waals surface area contributed by atoms with Crippen molar-refractivity contribution >= 4 is 23.2 Å². The van der Waals surface area contributed by atoms with E-state index in [0.717, 1.165) is 0 Å². The highest BCUT2D eigenvalue weighted by Crippen LogP contribution is 2.24. The maximum Gasteiger partial charge on any atom is 0.287 e. The number of non-ortho nitro benzene ring substituents is 1. The Hall–Kier alpha value is -3.32. The van der Waals surface area contributed by atoms with E-state index in [9.17, 15) is 14.9 Å². The number of furan rings is 1. The number of amides is 1. The van der Waals surface area contributed by atoms with Gasteiger partial charge < -0.3 is 14.5 Å². The molecule has 0 aliphatic heterocycles. The molecule has 1 amide bonds. The van der Waals surface area contributed by atoms with Crippen LogP contribution in [0.25, 0.3) is 11.3 Å². The van der Waals surface area contributed by atoms with E-state index in [1.165, 1.54) is 12.1 Å². The molecule has 3 rings (SSSR count). The van der Waals surface area contributed by atoms with Crippen LogP contribution in [0.1, 0.15) is 10.6 Å². The third-order valence-electron chi connectivity index (χ3n) is 3.66. The van der Waals surface area contributed by atoms with E-state index in [0.29, 0.717) is 35.2 Å². The summed E-state index contributed by atoms with van der Waals surface area (Å²) in [4.78, 5) is 22.3. The van der Waals surface area contributed by atoms with Gasteiger partial charge in [0.25, 0.3) is 11.6 Å². The Kier molecular flexibility index (Phi) is 5.73. The van der Waals surface area contributed by atoms with E-state index in [4.69, 9.17) is 20.8 Å². The predicted octanol–water partition coefficient (Wildman–Crippen LogP) is 4.32. The fourth-order valence-electron chi connectivity index (χ4n) is 2.31. The molecule has 0 bridgehead atoms. The van der Waals surface area contributed by atoms with Gasteiger partial charge in [-0.3, -0.25) is 14.9 Å². The Labute approximate surface area is 159 Å². The lowest BCUT2D eigenvalue weighted by molar-refractivity contribution is -0.384. The summed E-state index contributed by atoms with van der Waals surface area (Å²) in [6.45, 7) is 0.596. The Bertz CT molecular complexity index is 935. The standard InChI is InChI=1S/C19H15ClN2O5/c20-14-3-7-16(8-4-14)26-12-11-21-19(23)18-10-9-17(27-18)13-1-5-15(6-2-13)22(24)25/h1-10H,11-12H2,(H,21,23). The number of hydrogen-bond acceptors (Lipinski definition) is 5. The summed E-state index contributed by atoms with van der Waals surface area (Å²) in [5.41, 5.74) is 0.634. The van der Waals surface area contributed by atoms with Gasteiger partial charge in [-0.25, -0.2) is 0 Å². The van der Waals surface area contributed by atoms with Gasteiger partial charge >= 0.3 is 0 Å². The number of ether oxygens (including phenoxy) is 1. The van der Waals surface area contributed by atoms with Crippen LogP contribution in [0.15, 0.2) is 65.1 Å². The van der Waals surface area contributed by atoms with Gasteiger partial charge in [-0.05, 0) is 48.5 Å². The monoisotopic (exact) mass is 386 g/mol. The second-order valence-corrected chi connectivity index (χ2v) is 5.96. The highest BCUT2D eigenvalue weighted by Gasteiger charge is 2.13. The molecule has 0 atom stereocenters. The molecule has 0 unspecified atom stereocenters. The summed E-state index contributed by atoms with van der Waals surface area (Å²) in [6.07, 6.45) is 0. The Morgan fingerprint density at radius 1 is 1.07 bits per heavy atom. The van der Waals surface area contributed by atoms with Crippen LogP contribution in [0.5, 0.6) is 5.75 Å². The van der Waals surface area contributed by atoms with Crippen LogP contribution in [0, 0.1) is 10.1 Å². The number of nitro benzene ring substituents is 1. The minimum Gasteiger partial charge on any atom is -0.492 e. The summed E-state index contributed by atoms with van der Waals surface area (Å²) < 4.78 is 11.0. The highest BCUT2D eigenvalue weighted by molar-refractivity contribution is 6.30. The predicted molar refractivity (Wildman–Crippen MR) is 100 cm³/mol. The molecule has 7 nitrogen and oxygen atoms in total. The average Bonchev–Trinajstić information content (AvgIpc) is 3.17. The van der Waals surface area contributed by atoms with Crippen molar-refractivity contribution in [1.29, 1.82) is 0 Å². The molecule has 2 aromatic carbocycles. The third-order valence-corrected chi connectivity index (χ3v) is 3.91. The zero-order valence-electron chi connectivity index (χ0n) is 14.1. The normalized spacial score (nSPS) is 10.4. The molecule has 3 aromatic rings. The second kappa shape index (κ2) is 8.37. The molecule has 0 saturated carbocycles. The van der Waals surface area contributed by atoms with E-state index in [1.807, 2.05) is 0 Å². The maximum atomic E-state index is 12.1. The summed E-state index contributed by atoms with van der Waals surface area (Å²) in [5, 5.41) is 14.0. The van der Waals surface area contributed by atoms with Gasteiger partial charge in [0.05, 0.1) is 11.5 Å². The quantitative estimate of drug-likeness (QED) is 0.370. The summed E-state index contributed by atoms with van der Waals surface area (Å²) in [7, 11) is 0. The maximum absolute atomic E-state index is 12.1. The molecular weight excluding hydrogens is 372 g/mol. The van der Waals surface area contributed by atoms with Gasteiger partial charge in [0.1, 0.15) is 18.1 Å². The SMILES string of the molecule is O=C(NCCOc1ccc(Cl)cc1)c1ccc(-c2ccc([N+](=O)[O-])cc2)o1. The van der Waals surface area contributed by atoms with Crippen molar-refractivity contribution in [2.75, 3.05) is 13.2 Å². The van der Waals surface area contributed by atoms with E-state index in [2.05, 4.69) is 5.32 Å². The number of carbonyl (C=O) groups excluding carboxylic acids is 1. The van der Waals surface area contributed by atoms with Gasteiger partial charge in [0, 0.05) is 22.7 Å². The van der Waals surface area contributed by atoms with Crippen molar-refractivity contribution in [2.45, 2.75) is 0 Å². The van der Waals surface area contributed by atoms with Crippen molar-refractivity contribution in [3.8, 4) is 17.1 Å². The summed E-state index contributed by atoms with van der Waals surface area (Å²) in [6, 6.07) is 16.0. The first kappa shape index (κ1) is 18.5. The van der Waals surface area contributed by atoms with E-state index in [-0.39, 0.29) is 17.4 Å². The van der Waals surface area contributed by atoms with Crippen LogP contribution in [0.4, 0.5) is 5.69 Å². The van der Waals surface area contributed by atoms with Crippen molar-refractivity contribution < 1.29 is 18.9 Å². The van der Waals surface area contributed by atoms with Crippen LogP contribution in [-0.4, -0.2) is 24.0 Å². The topological polar surface area (TPSA) is 94.6 Å². The molecular formula is C19H15ClN2O5. The first-order valence-electron chi connectivity index (χ1n) is 8.04. The number of nitrogens with one attached hydrogen (secondary N) is 1. The van der Waals surface area contributed by atoms with Gasteiger partial charge in [-0.2, -0.15) is 0 Å². The third kappa shape index (κ3) is 4.86. The smallest absolute Gasteiger partial charge is 0.287 e. The number of nitrogens with zero attached hydrogens (tertiary/aromatic N) is 1. The minimum atomic E-state index is -0.475. The van der Waals surface area contributed by atoms with Crippen LogP contribution in [-0.2, 0) is 0 Å². The Balaban J connectivity index is 1.52. The molecule has 0 aliphatic carbocycles. The first-order valence-corrected chi connectivity index (χ1v) is 8.42. The fourth-order valence-corrected chi connectivity index (χ4v) is 2.44. The number of nitro groups is 1. The lowest BCUT2D eigenvalue weighted by Crippen LogP contribution is -2.27. The van der Waals surface area contributed by atoms with Crippen LogP contribution in [0.2, 0.25) is 5.02 Å². The Morgan fingerprint density at radius 2 is 1.78 bits per heavy atom. The van der Waals surface area contributed by atoms with Gasteiger partial charge in [-0.15, -0.1) is 0 Å². The zero-order valence-corrected chi connectivity index (χ0v) is 14.8. The van der Waals surface area contributed by atoms with Gasteiger partial charge in [-0.1, -0.05) is 11.6 Å². The fraction of sp³-hybridized carbons (Fsp3) is 0.105. The van der Waals surface area contributed by atoms with Gasteiger partial charge in [0.2, 0.25) is 0 Å². The van der Waals surface area contributed by atoms with E-state index in [1.54, 1.807) is 48.5 Å². The van der Waals surface area contributed by atoms with E-state index >= 15 is 0 Å². The number of benzene rings is 2. The molecule has 138 valence electrons. The molecule has 27 heavy (non-hydrogen) atoms. The van der Waals surface area contributed by atoms with Crippen LogP contribution >= 0.6 is 11.6 Å². The zero-order chi connectivity index (χ0) is 19.2. The molecule has 1 N–H and O–H groups in total. The highest BCUT2D eigenvalue weighted by atomic mass is 35.5. The number of carbonyl (C=O) groups is 1. The second-order valence-electron chi connectivity index (χ2n) is 5.53.